The number of amides is 3. The third-order valence-corrected chi connectivity index (χ3v) is 4.24. The number of pyridine rings is 1. The maximum Gasteiger partial charge on any atom is 0.325 e. The lowest BCUT2D eigenvalue weighted by Crippen LogP contribution is -2.53. The van der Waals surface area contributed by atoms with Crippen LogP contribution in [0.5, 0.6) is 0 Å². The molecular formula is C13H15BrN4O2. The Labute approximate surface area is 125 Å². The lowest BCUT2D eigenvalue weighted by Gasteiger charge is -2.31. The maximum absolute atomic E-state index is 12.6. The summed E-state index contributed by atoms with van der Waals surface area (Å²) in [4.78, 5) is 30.0. The van der Waals surface area contributed by atoms with Crippen LogP contribution in [0.2, 0.25) is 0 Å². The fourth-order valence-electron chi connectivity index (χ4n) is 2.74. The Kier molecular flexibility index (Phi) is 3.47. The molecule has 0 radical (unpaired) electrons. The molecule has 2 saturated heterocycles. The number of hydrogen-bond donors (Lipinski definition) is 2. The lowest BCUT2D eigenvalue weighted by atomic mass is 9.88. The van der Waals surface area contributed by atoms with Crippen LogP contribution in [0.15, 0.2) is 22.9 Å². The molecule has 0 aromatic carbocycles. The highest BCUT2D eigenvalue weighted by Gasteiger charge is 2.51. The molecule has 2 N–H and O–H groups in total. The van der Waals surface area contributed by atoms with Gasteiger partial charge in [0.25, 0.3) is 5.91 Å². The SMILES string of the molecule is O=C1NC2(CCNCC2)C(=O)N1Cc1cncc(Br)c1. The van der Waals surface area contributed by atoms with Crippen LogP contribution in [0.25, 0.3) is 0 Å². The van der Waals surface area contributed by atoms with Crippen LogP contribution in [0.3, 0.4) is 0 Å². The van der Waals surface area contributed by atoms with Crippen molar-refractivity contribution in [1.29, 1.82) is 0 Å². The average molecular weight is 339 g/mol. The summed E-state index contributed by atoms with van der Waals surface area (Å²) >= 11 is 3.34. The number of nitrogens with one attached hydrogen (secondary N) is 2. The first-order valence-electron chi connectivity index (χ1n) is 6.55. The van der Waals surface area contributed by atoms with Crippen LogP contribution in [-0.2, 0) is 11.3 Å². The third-order valence-electron chi connectivity index (χ3n) is 3.81. The summed E-state index contributed by atoms with van der Waals surface area (Å²) in [5.74, 6) is -0.121. The molecule has 1 spiro atoms. The smallest absolute Gasteiger partial charge is 0.323 e. The fourth-order valence-corrected chi connectivity index (χ4v) is 3.15. The van der Waals surface area contributed by atoms with Crippen LogP contribution in [0.1, 0.15) is 18.4 Å². The van der Waals surface area contributed by atoms with Gasteiger partial charge in [-0.2, -0.15) is 0 Å². The summed E-state index contributed by atoms with van der Waals surface area (Å²) in [7, 11) is 0. The van der Waals surface area contributed by atoms with Gasteiger partial charge < -0.3 is 10.6 Å². The van der Waals surface area contributed by atoms with Crippen molar-refractivity contribution >= 4 is 27.9 Å². The van der Waals surface area contributed by atoms with Gasteiger partial charge >= 0.3 is 6.03 Å². The molecule has 7 heteroatoms. The molecule has 3 heterocycles. The normalized spacial score (nSPS) is 21.4. The van der Waals surface area contributed by atoms with E-state index < -0.39 is 5.54 Å². The number of aromatic nitrogens is 1. The second kappa shape index (κ2) is 5.14. The summed E-state index contributed by atoms with van der Waals surface area (Å²) in [6.45, 7) is 1.75. The number of piperidine rings is 1. The van der Waals surface area contributed by atoms with Crippen LogP contribution in [0.4, 0.5) is 4.79 Å². The van der Waals surface area contributed by atoms with Gasteiger partial charge in [-0.1, -0.05) is 0 Å². The van der Waals surface area contributed by atoms with Crippen LogP contribution in [-0.4, -0.2) is 40.5 Å². The molecule has 0 atom stereocenters. The topological polar surface area (TPSA) is 74.3 Å². The van der Waals surface area contributed by atoms with Gasteiger partial charge in [-0.3, -0.25) is 14.7 Å². The number of nitrogens with zero attached hydrogens (tertiary/aromatic N) is 2. The van der Waals surface area contributed by atoms with E-state index >= 15 is 0 Å². The molecule has 3 amide bonds. The minimum Gasteiger partial charge on any atom is -0.323 e. The third kappa shape index (κ3) is 2.31. The van der Waals surface area contributed by atoms with E-state index in [0.29, 0.717) is 12.8 Å². The van der Waals surface area contributed by atoms with E-state index in [1.54, 1.807) is 12.4 Å². The second-order valence-electron chi connectivity index (χ2n) is 5.16. The Hall–Kier alpha value is -1.47. The number of carbonyl (C=O) groups excluding carboxylic acids is 2. The van der Waals surface area contributed by atoms with Crippen molar-refractivity contribution in [2.24, 2.45) is 0 Å². The molecule has 2 fully saturated rings. The van der Waals surface area contributed by atoms with Gasteiger partial charge in [0.05, 0.1) is 6.54 Å². The van der Waals surface area contributed by atoms with E-state index in [2.05, 4.69) is 31.5 Å². The van der Waals surface area contributed by atoms with Crippen molar-refractivity contribution in [2.45, 2.75) is 24.9 Å². The van der Waals surface area contributed by atoms with Crippen LogP contribution in [0, 0.1) is 0 Å². The molecule has 1 aromatic rings. The summed E-state index contributed by atoms with van der Waals surface area (Å²) in [6.07, 6.45) is 4.62. The highest BCUT2D eigenvalue weighted by atomic mass is 79.9. The molecule has 20 heavy (non-hydrogen) atoms. The Bertz CT molecular complexity index is 557. The van der Waals surface area contributed by atoms with E-state index in [9.17, 15) is 9.59 Å². The zero-order valence-electron chi connectivity index (χ0n) is 10.9. The van der Waals surface area contributed by atoms with Gasteiger partial charge in [0.2, 0.25) is 0 Å². The van der Waals surface area contributed by atoms with E-state index in [1.165, 1.54) is 4.90 Å². The standard InChI is InChI=1S/C13H15BrN4O2/c14-10-5-9(6-16-7-10)8-18-11(19)13(17-12(18)20)1-3-15-4-2-13/h5-7,15H,1-4,8H2,(H,17,20). The number of imide groups is 1. The monoisotopic (exact) mass is 338 g/mol. The quantitative estimate of drug-likeness (QED) is 0.789. The zero-order chi connectivity index (χ0) is 14.2. The predicted octanol–water partition coefficient (Wildman–Crippen LogP) is 1.02. The first kappa shape index (κ1) is 13.5. The van der Waals surface area contributed by atoms with E-state index in [0.717, 1.165) is 23.1 Å². The Balaban J connectivity index is 1.80. The number of halogens is 1. The minimum atomic E-state index is -0.707. The van der Waals surface area contributed by atoms with Gasteiger partial charge in [-0.05, 0) is 53.5 Å². The van der Waals surface area contributed by atoms with Crippen molar-refractivity contribution < 1.29 is 9.59 Å². The second-order valence-corrected chi connectivity index (χ2v) is 6.08. The maximum atomic E-state index is 12.6. The summed E-state index contributed by atoms with van der Waals surface area (Å²) in [5.41, 5.74) is 0.121. The molecule has 0 bridgehead atoms. The fraction of sp³-hybridized carbons (Fsp3) is 0.462. The molecule has 2 aliphatic rings. The highest BCUT2D eigenvalue weighted by Crippen LogP contribution is 2.28. The predicted molar refractivity (Wildman–Crippen MR) is 75.9 cm³/mol. The van der Waals surface area contributed by atoms with Gasteiger partial charge in [-0.25, -0.2) is 4.79 Å². The van der Waals surface area contributed by atoms with E-state index in [-0.39, 0.29) is 18.5 Å². The van der Waals surface area contributed by atoms with Gasteiger partial charge in [0.1, 0.15) is 5.54 Å². The van der Waals surface area contributed by atoms with Crippen LogP contribution < -0.4 is 10.6 Å². The summed E-state index contributed by atoms with van der Waals surface area (Å²) in [5, 5.41) is 6.07. The Morgan fingerprint density at radius 1 is 1.30 bits per heavy atom. The van der Waals surface area contributed by atoms with Crippen molar-refractivity contribution in [2.75, 3.05) is 13.1 Å². The molecule has 0 aliphatic carbocycles. The van der Waals surface area contributed by atoms with Gasteiger partial charge in [0, 0.05) is 16.9 Å². The van der Waals surface area contributed by atoms with Gasteiger partial charge in [-0.15, -0.1) is 0 Å². The average Bonchev–Trinajstić information content (AvgIpc) is 2.64. The lowest BCUT2D eigenvalue weighted by molar-refractivity contribution is -0.132. The Morgan fingerprint density at radius 2 is 2.05 bits per heavy atom. The first-order valence-corrected chi connectivity index (χ1v) is 7.34. The number of urea groups is 1. The van der Waals surface area contributed by atoms with Gasteiger partial charge in [0.15, 0.2) is 0 Å². The van der Waals surface area contributed by atoms with Crippen molar-refractivity contribution in [3.8, 4) is 0 Å². The molecule has 106 valence electrons. The van der Waals surface area contributed by atoms with Crippen molar-refractivity contribution in [1.82, 2.24) is 20.5 Å². The largest absolute Gasteiger partial charge is 0.325 e. The summed E-state index contributed by atoms with van der Waals surface area (Å²) in [6, 6.07) is 1.55. The summed E-state index contributed by atoms with van der Waals surface area (Å²) < 4.78 is 0.832. The van der Waals surface area contributed by atoms with E-state index in [1.807, 2.05) is 6.07 Å². The zero-order valence-corrected chi connectivity index (χ0v) is 12.4. The number of rotatable bonds is 2. The van der Waals surface area contributed by atoms with Crippen molar-refractivity contribution in [3.05, 3.63) is 28.5 Å². The Morgan fingerprint density at radius 3 is 2.75 bits per heavy atom. The van der Waals surface area contributed by atoms with Crippen molar-refractivity contribution in [3.63, 3.8) is 0 Å². The molecular weight excluding hydrogens is 324 g/mol. The molecule has 0 unspecified atom stereocenters. The molecule has 2 aliphatic heterocycles. The first-order chi connectivity index (χ1) is 9.61. The number of carbonyl (C=O) groups is 2. The molecule has 6 nitrogen and oxygen atoms in total. The van der Waals surface area contributed by atoms with E-state index in [4.69, 9.17) is 0 Å². The highest BCUT2D eigenvalue weighted by molar-refractivity contribution is 9.10. The number of hydrogen-bond acceptors (Lipinski definition) is 4. The van der Waals surface area contributed by atoms with Crippen LogP contribution >= 0.6 is 15.9 Å². The molecule has 3 rings (SSSR count). The molecule has 0 saturated carbocycles. The molecule has 1 aromatic heterocycles. The minimum absolute atomic E-state index is 0.121.